The summed E-state index contributed by atoms with van der Waals surface area (Å²) in [7, 11) is 0. The van der Waals surface area contributed by atoms with Gasteiger partial charge in [0.2, 0.25) is 0 Å². The van der Waals surface area contributed by atoms with Crippen molar-refractivity contribution in [1.82, 2.24) is 4.57 Å². The van der Waals surface area contributed by atoms with E-state index in [0.29, 0.717) is 0 Å². The Kier molecular flexibility index (Phi) is 8.42. The van der Waals surface area contributed by atoms with Gasteiger partial charge in [0.05, 0.1) is 11.0 Å². The highest BCUT2D eigenvalue weighted by molar-refractivity contribution is 6.10. The number of nitrogens with zero attached hydrogens (tertiary/aromatic N) is 2. The highest BCUT2D eigenvalue weighted by atomic mass is 15.1. The van der Waals surface area contributed by atoms with Crippen LogP contribution in [0.1, 0.15) is 30.5 Å². The van der Waals surface area contributed by atoms with Crippen molar-refractivity contribution in [3.05, 3.63) is 229 Å². The number of rotatable bonds is 7. The lowest BCUT2D eigenvalue weighted by atomic mass is 9.80. The predicted molar refractivity (Wildman–Crippen MR) is 254 cm³/mol. The van der Waals surface area contributed by atoms with E-state index < -0.39 is 0 Å². The zero-order valence-electron chi connectivity index (χ0n) is 34.1. The fraction of sp³-hybridized carbons (Fsp3) is 0.0690. The Morgan fingerprint density at radius 3 is 1.58 bits per heavy atom. The molecule has 1 aliphatic carbocycles. The van der Waals surface area contributed by atoms with E-state index in [1.807, 2.05) is 0 Å². The van der Waals surface area contributed by atoms with Crippen LogP contribution in [-0.4, -0.2) is 4.57 Å². The summed E-state index contributed by atoms with van der Waals surface area (Å²) in [4.78, 5) is 2.30. The molecular formula is C58H44N2. The van der Waals surface area contributed by atoms with Crippen LogP contribution in [0.3, 0.4) is 0 Å². The average molecular weight is 769 g/mol. The first-order chi connectivity index (χ1) is 29.4. The van der Waals surface area contributed by atoms with Gasteiger partial charge in [-0.1, -0.05) is 147 Å². The number of hydrogen-bond donors (Lipinski definition) is 0. The third kappa shape index (κ3) is 5.87. The molecule has 0 amide bonds. The molecule has 0 spiro atoms. The quantitative estimate of drug-likeness (QED) is 0.157. The minimum absolute atomic E-state index is 0.105. The molecule has 0 unspecified atom stereocenters. The van der Waals surface area contributed by atoms with Crippen molar-refractivity contribution in [3.63, 3.8) is 0 Å². The normalized spacial score (nSPS) is 12.7. The largest absolute Gasteiger partial charge is 0.311 e. The minimum atomic E-state index is -0.105. The summed E-state index contributed by atoms with van der Waals surface area (Å²) in [6, 6.07) is 77.6. The van der Waals surface area contributed by atoms with Crippen molar-refractivity contribution in [2.24, 2.45) is 0 Å². The van der Waals surface area contributed by atoms with Gasteiger partial charge in [-0.3, -0.25) is 0 Å². The van der Waals surface area contributed by atoms with Crippen LogP contribution in [0.15, 0.2) is 212 Å². The van der Waals surface area contributed by atoms with E-state index >= 15 is 0 Å². The monoisotopic (exact) mass is 768 g/mol. The second kappa shape index (κ2) is 14.1. The number of aromatic nitrogens is 1. The molecule has 1 aromatic heterocycles. The lowest BCUT2D eigenvalue weighted by molar-refractivity contribution is 0.660. The number of anilines is 3. The third-order valence-corrected chi connectivity index (χ3v) is 12.7. The van der Waals surface area contributed by atoms with Crippen LogP contribution < -0.4 is 4.90 Å². The van der Waals surface area contributed by atoms with Crippen LogP contribution >= 0.6 is 0 Å². The van der Waals surface area contributed by atoms with E-state index in [9.17, 15) is 0 Å². The maximum Gasteiger partial charge on any atom is 0.0541 e. The summed E-state index contributed by atoms with van der Waals surface area (Å²) in [6.45, 7) is 7.01. The predicted octanol–water partition coefficient (Wildman–Crippen LogP) is 15.9. The number of aryl methyl sites for hydroxylation is 1. The molecule has 0 saturated carbocycles. The van der Waals surface area contributed by atoms with Gasteiger partial charge in [-0.05, 0) is 147 Å². The van der Waals surface area contributed by atoms with Crippen LogP contribution in [0.2, 0.25) is 0 Å². The molecule has 60 heavy (non-hydrogen) atoms. The molecular weight excluding hydrogens is 725 g/mol. The zero-order valence-corrected chi connectivity index (χ0v) is 34.1. The van der Waals surface area contributed by atoms with Crippen molar-refractivity contribution in [3.8, 4) is 50.2 Å². The lowest BCUT2D eigenvalue weighted by Gasteiger charge is -2.25. The summed E-state index contributed by atoms with van der Waals surface area (Å²) < 4.78 is 2.42. The second-order valence-corrected chi connectivity index (χ2v) is 16.6. The summed E-state index contributed by atoms with van der Waals surface area (Å²) in [5.41, 5.74) is 21.1. The smallest absolute Gasteiger partial charge is 0.0541 e. The maximum absolute atomic E-state index is 2.46. The first-order valence-electron chi connectivity index (χ1n) is 20.9. The Morgan fingerprint density at radius 1 is 0.367 bits per heavy atom. The summed E-state index contributed by atoms with van der Waals surface area (Å²) >= 11 is 0. The van der Waals surface area contributed by atoms with Gasteiger partial charge >= 0.3 is 0 Å². The van der Waals surface area contributed by atoms with E-state index in [4.69, 9.17) is 0 Å². The number of para-hydroxylation sites is 3. The van der Waals surface area contributed by atoms with Crippen LogP contribution in [0.25, 0.3) is 72.0 Å². The van der Waals surface area contributed by atoms with Crippen molar-refractivity contribution in [2.75, 3.05) is 4.90 Å². The second-order valence-electron chi connectivity index (χ2n) is 16.6. The van der Waals surface area contributed by atoms with Crippen LogP contribution in [0.4, 0.5) is 17.1 Å². The van der Waals surface area contributed by atoms with Crippen LogP contribution in [0, 0.1) is 6.92 Å². The molecule has 2 nitrogen and oxygen atoms in total. The van der Waals surface area contributed by atoms with Gasteiger partial charge in [0.1, 0.15) is 0 Å². The molecule has 0 radical (unpaired) electrons. The highest BCUT2D eigenvalue weighted by Gasteiger charge is 2.36. The Bertz CT molecular complexity index is 3150. The molecule has 1 heterocycles. The van der Waals surface area contributed by atoms with E-state index in [2.05, 4.69) is 243 Å². The Balaban J connectivity index is 0.926. The molecule has 0 atom stereocenters. The molecule has 0 fully saturated rings. The molecule has 0 N–H and O–H groups in total. The SMILES string of the molecule is Cc1cc2c(cc1-c1ccc(-n3c4ccccc4c4cc(-c5ccc(N(c6ccccc6)c6ccccc6)cc5)ccc43)cc1)C(C)(C)c1cc(-c3ccccc3)ccc1-2. The summed E-state index contributed by atoms with van der Waals surface area (Å²) in [5, 5.41) is 2.50. The third-order valence-electron chi connectivity index (χ3n) is 12.7. The number of fused-ring (bicyclic) bond motifs is 6. The van der Waals surface area contributed by atoms with Gasteiger partial charge in [-0.15, -0.1) is 0 Å². The minimum Gasteiger partial charge on any atom is -0.311 e. The molecule has 1 aliphatic rings. The van der Waals surface area contributed by atoms with Gasteiger partial charge in [0, 0.05) is 38.9 Å². The van der Waals surface area contributed by atoms with Crippen LogP contribution in [-0.2, 0) is 5.41 Å². The van der Waals surface area contributed by atoms with Crippen LogP contribution in [0.5, 0.6) is 0 Å². The van der Waals surface area contributed by atoms with E-state index in [1.165, 1.54) is 83.0 Å². The van der Waals surface area contributed by atoms with Gasteiger partial charge in [0.15, 0.2) is 0 Å². The van der Waals surface area contributed by atoms with E-state index in [0.717, 1.165) is 22.7 Å². The standard InChI is InChI=1S/C58H44N2/c1-39-35-52-49-33-27-44(40-15-7-4-8-16-40)37-54(49)58(2,3)55(52)38-51(39)42-25-31-48(32-26-42)60-56-22-14-13-21-50(56)53-36-43(28-34-57(53)60)41-23-29-47(30-24-41)59(45-17-9-5-10-18-45)46-19-11-6-12-20-46/h4-38H,1-3H3. The molecule has 9 aromatic carbocycles. The molecule has 2 heteroatoms. The Labute approximate surface area is 352 Å². The van der Waals surface area contributed by atoms with Gasteiger partial charge < -0.3 is 9.47 Å². The first-order valence-corrected chi connectivity index (χ1v) is 20.9. The topological polar surface area (TPSA) is 8.17 Å². The molecule has 11 rings (SSSR count). The summed E-state index contributed by atoms with van der Waals surface area (Å²) in [6.07, 6.45) is 0. The molecule has 0 saturated heterocycles. The Morgan fingerprint density at radius 2 is 0.883 bits per heavy atom. The van der Waals surface area contributed by atoms with Crippen molar-refractivity contribution in [2.45, 2.75) is 26.2 Å². The number of hydrogen-bond acceptors (Lipinski definition) is 1. The zero-order chi connectivity index (χ0) is 40.4. The van der Waals surface area contributed by atoms with Crippen molar-refractivity contribution < 1.29 is 0 Å². The van der Waals surface area contributed by atoms with Gasteiger partial charge in [-0.2, -0.15) is 0 Å². The number of benzene rings is 9. The fourth-order valence-corrected chi connectivity index (χ4v) is 9.64. The van der Waals surface area contributed by atoms with E-state index in [1.54, 1.807) is 0 Å². The fourth-order valence-electron chi connectivity index (χ4n) is 9.64. The molecule has 10 aromatic rings. The lowest BCUT2D eigenvalue weighted by Crippen LogP contribution is -2.15. The average Bonchev–Trinajstić information content (AvgIpc) is 3.74. The van der Waals surface area contributed by atoms with Gasteiger partial charge in [0.25, 0.3) is 0 Å². The maximum atomic E-state index is 2.46. The first kappa shape index (κ1) is 35.7. The van der Waals surface area contributed by atoms with Crippen molar-refractivity contribution >= 4 is 38.9 Å². The molecule has 0 aliphatic heterocycles. The molecule has 0 bridgehead atoms. The Hall–Kier alpha value is -7.42. The highest BCUT2D eigenvalue weighted by Crippen LogP contribution is 2.51. The van der Waals surface area contributed by atoms with Crippen molar-refractivity contribution in [1.29, 1.82) is 0 Å². The van der Waals surface area contributed by atoms with E-state index in [-0.39, 0.29) is 5.41 Å². The summed E-state index contributed by atoms with van der Waals surface area (Å²) in [5.74, 6) is 0. The van der Waals surface area contributed by atoms with Gasteiger partial charge in [-0.25, -0.2) is 0 Å². The molecule has 286 valence electrons.